The molecule has 4 heteroatoms. The zero-order valence-corrected chi connectivity index (χ0v) is 10.5. The molecule has 1 amide bonds. The molecule has 0 unspecified atom stereocenters. The van der Waals surface area contributed by atoms with Crippen molar-refractivity contribution < 1.29 is 21.7 Å². The highest BCUT2D eigenvalue weighted by atomic mass is 35.5. The van der Waals surface area contributed by atoms with Gasteiger partial charge < -0.3 is 9.80 Å². The number of nitrogens with zero attached hydrogens (tertiary/aromatic N) is 1. The van der Waals surface area contributed by atoms with Gasteiger partial charge in [-0.2, -0.15) is 0 Å². The van der Waals surface area contributed by atoms with Crippen LogP contribution in [0.3, 0.4) is 0 Å². The van der Waals surface area contributed by atoms with Gasteiger partial charge in [0.05, 0.1) is 40.1 Å². The van der Waals surface area contributed by atoms with Gasteiger partial charge in [0.15, 0.2) is 0 Å². The Kier molecular flexibility index (Phi) is 7.78. The summed E-state index contributed by atoms with van der Waals surface area (Å²) < 4.78 is 0.933. The molecule has 0 aliphatic heterocycles. The smallest absolute Gasteiger partial charge is 0.246 e. The molecule has 0 heterocycles. The molecule has 0 rings (SSSR count). The van der Waals surface area contributed by atoms with Gasteiger partial charge in [-0.15, -0.1) is 0 Å². The second kappa shape index (κ2) is 6.85. The molecule has 0 aliphatic rings. The van der Waals surface area contributed by atoms with Crippen molar-refractivity contribution in [1.82, 2.24) is 5.32 Å². The zero-order chi connectivity index (χ0) is 10.5. The van der Waals surface area contributed by atoms with Gasteiger partial charge in [0.25, 0.3) is 0 Å². The van der Waals surface area contributed by atoms with E-state index in [9.17, 15) is 4.79 Å². The van der Waals surface area contributed by atoms with Gasteiger partial charge in [0.2, 0.25) is 5.91 Å². The summed E-state index contributed by atoms with van der Waals surface area (Å²) >= 11 is 0. The molecule has 0 saturated carbocycles. The Morgan fingerprint density at radius 3 is 2.21 bits per heavy atom. The molecule has 0 saturated heterocycles. The number of halogens is 1. The number of amides is 1. The predicted molar refractivity (Wildman–Crippen MR) is 58.1 cm³/mol. The summed E-state index contributed by atoms with van der Waals surface area (Å²) in [6, 6.07) is 0. The van der Waals surface area contributed by atoms with Gasteiger partial charge in [-0.1, -0.05) is 6.58 Å². The Balaban J connectivity index is 0. The number of nitrogens with one attached hydrogen (secondary N) is 1. The van der Waals surface area contributed by atoms with Crippen molar-refractivity contribution in [3.8, 4) is 0 Å². The van der Waals surface area contributed by atoms with Gasteiger partial charge in [-0.3, -0.25) is 4.79 Å². The molecule has 1 N–H and O–H groups in total. The maximum absolute atomic E-state index is 11.1. The summed E-state index contributed by atoms with van der Waals surface area (Å²) in [6.45, 7) is 7.09. The quantitative estimate of drug-likeness (QED) is 0.403. The molecular weight excluding hydrogens is 200 g/mol. The molecule has 0 bridgehead atoms. The molecule has 0 spiro atoms. The topological polar surface area (TPSA) is 29.1 Å². The van der Waals surface area contributed by atoms with Crippen LogP contribution in [0.15, 0.2) is 12.2 Å². The van der Waals surface area contributed by atoms with Gasteiger partial charge in [0, 0.05) is 18.5 Å². The van der Waals surface area contributed by atoms with E-state index < -0.39 is 0 Å². The van der Waals surface area contributed by atoms with Crippen LogP contribution in [0, 0.1) is 12.4 Å². The zero-order valence-electron chi connectivity index (χ0n) is 9.63. The fourth-order valence-corrected chi connectivity index (χ4v) is 0.906. The lowest BCUT2D eigenvalue weighted by atomic mass is 10.3. The standard InChI is InChI=1S/C10H20N2O.ClH2/c1-9(2)10(13)11-7-6-8-12(3,4)5;/h1,6-8H2,2-5H3;1H2/q;+1/p+1. The first kappa shape index (κ1) is 15.9. The van der Waals surface area contributed by atoms with Crippen LogP contribution in [0.5, 0.6) is 0 Å². The van der Waals surface area contributed by atoms with E-state index in [0.717, 1.165) is 24.0 Å². The van der Waals surface area contributed by atoms with Crippen molar-refractivity contribution in [3.05, 3.63) is 12.2 Å². The van der Waals surface area contributed by atoms with Crippen LogP contribution in [0.2, 0.25) is 0 Å². The lowest BCUT2D eigenvalue weighted by Gasteiger charge is -2.23. The van der Waals surface area contributed by atoms with Crippen LogP contribution in [-0.2, 0) is 4.79 Å². The summed E-state index contributed by atoms with van der Waals surface area (Å²) in [6.07, 6.45) is 1.00. The number of carbonyl (C=O) groups excluding carboxylic acids is 1. The summed E-state index contributed by atoms with van der Waals surface area (Å²) in [4.78, 5) is 11.1. The van der Waals surface area contributed by atoms with Crippen LogP contribution in [0.25, 0.3) is 0 Å². The van der Waals surface area contributed by atoms with Crippen LogP contribution in [0.1, 0.15) is 13.3 Å². The second-order valence-electron chi connectivity index (χ2n) is 4.40. The Hall–Kier alpha value is -0.540. The lowest BCUT2D eigenvalue weighted by Crippen LogP contribution is -2.37. The molecule has 0 aromatic rings. The molecule has 14 heavy (non-hydrogen) atoms. The molecule has 3 nitrogen and oxygen atoms in total. The van der Waals surface area contributed by atoms with E-state index in [1.807, 2.05) is 0 Å². The van der Waals surface area contributed by atoms with Crippen molar-refractivity contribution in [2.75, 3.05) is 34.2 Å². The monoisotopic (exact) mass is 222 g/mol. The minimum Gasteiger partial charge on any atom is -0.352 e. The van der Waals surface area contributed by atoms with Crippen LogP contribution in [-0.4, -0.2) is 44.6 Å². The molecule has 0 radical (unpaired) electrons. The first-order valence-corrected chi connectivity index (χ1v) is 4.57. The van der Waals surface area contributed by atoms with Gasteiger partial charge in [-0.05, 0) is 6.92 Å². The van der Waals surface area contributed by atoms with E-state index in [1.54, 1.807) is 6.92 Å². The van der Waals surface area contributed by atoms with E-state index in [1.165, 1.54) is 0 Å². The SMILES string of the molecule is C=C(C)C(=O)NCCC[N+](C)(C)C.[ClH2+]. The number of hydrogen-bond acceptors (Lipinski definition) is 1. The first-order valence-electron chi connectivity index (χ1n) is 4.57. The first-order chi connectivity index (χ1) is 5.83. The van der Waals surface area contributed by atoms with Crippen molar-refractivity contribution in [2.45, 2.75) is 13.3 Å². The highest BCUT2D eigenvalue weighted by molar-refractivity contribution is 5.91. The van der Waals surface area contributed by atoms with Crippen molar-refractivity contribution in [2.24, 2.45) is 0 Å². The van der Waals surface area contributed by atoms with Crippen molar-refractivity contribution in [1.29, 1.82) is 0 Å². The van der Waals surface area contributed by atoms with E-state index >= 15 is 0 Å². The Morgan fingerprint density at radius 2 is 1.86 bits per heavy atom. The second-order valence-corrected chi connectivity index (χ2v) is 4.40. The van der Waals surface area contributed by atoms with Gasteiger partial charge in [0.1, 0.15) is 0 Å². The molecule has 0 aromatic carbocycles. The number of rotatable bonds is 5. The minimum atomic E-state index is -0.0404. The average Bonchev–Trinajstić information content (AvgIpc) is 1.95. The summed E-state index contributed by atoms with van der Waals surface area (Å²) in [7, 11) is 6.42. The fourth-order valence-electron chi connectivity index (χ4n) is 0.906. The molecule has 0 fully saturated rings. The molecule has 0 atom stereocenters. The highest BCUT2D eigenvalue weighted by Crippen LogP contribution is 1.92. The Labute approximate surface area is 93.2 Å². The van der Waals surface area contributed by atoms with E-state index in [4.69, 9.17) is 0 Å². The normalized spacial score (nSPS) is 10.3. The van der Waals surface area contributed by atoms with E-state index in [2.05, 4.69) is 33.0 Å². The van der Waals surface area contributed by atoms with Crippen LogP contribution < -0.4 is 5.32 Å². The van der Waals surface area contributed by atoms with E-state index in [0.29, 0.717) is 5.57 Å². The van der Waals surface area contributed by atoms with Crippen LogP contribution >= 0.6 is 0 Å². The number of quaternary nitrogens is 1. The largest absolute Gasteiger partial charge is 0.352 e. The molecular formula is C10H23ClN2O+2. The predicted octanol–water partition coefficient (Wildman–Crippen LogP) is 0.240. The summed E-state index contributed by atoms with van der Waals surface area (Å²) in [5, 5.41) is 2.81. The molecule has 0 aromatic heterocycles. The maximum atomic E-state index is 11.1. The third-order valence-corrected chi connectivity index (χ3v) is 1.68. The summed E-state index contributed by atoms with van der Waals surface area (Å²) in [5.74, 6) is -0.0404. The van der Waals surface area contributed by atoms with Gasteiger partial charge in [-0.25, -0.2) is 0 Å². The fraction of sp³-hybridized carbons (Fsp3) is 0.700. The third-order valence-electron chi connectivity index (χ3n) is 1.68. The maximum Gasteiger partial charge on any atom is 0.246 e. The van der Waals surface area contributed by atoms with E-state index in [-0.39, 0.29) is 18.3 Å². The molecule has 0 aliphatic carbocycles. The minimum absolute atomic E-state index is 0. The number of hydrogen-bond donors (Lipinski definition) is 1. The Morgan fingerprint density at radius 1 is 1.36 bits per heavy atom. The van der Waals surface area contributed by atoms with Crippen molar-refractivity contribution >= 4 is 5.91 Å². The molecule has 84 valence electrons. The number of carbonyl (C=O) groups is 1. The lowest BCUT2D eigenvalue weighted by molar-refractivity contribution is -0.870. The third kappa shape index (κ3) is 9.55. The van der Waals surface area contributed by atoms with Crippen LogP contribution in [0.4, 0.5) is 0 Å². The highest BCUT2D eigenvalue weighted by Gasteiger charge is 2.06. The Bertz CT molecular complexity index is 197. The van der Waals surface area contributed by atoms with Crippen molar-refractivity contribution in [3.63, 3.8) is 0 Å². The van der Waals surface area contributed by atoms with Gasteiger partial charge >= 0.3 is 0 Å². The average molecular weight is 223 g/mol. The summed E-state index contributed by atoms with van der Waals surface area (Å²) in [5.41, 5.74) is 0.574.